The van der Waals surface area contributed by atoms with Gasteiger partial charge in [0, 0.05) is 18.7 Å². The van der Waals surface area contributed by atoms with E-state index >= 15 is 0 Å². The highest BCUT2D eigenvalue weighted by Crippen LogP contribution is 2.27. The lowest BCUT2D eigenvalue weighted by atomic mass is 10.0. The van der Waals surface area contributed by atoms with Crippen molar-refractivity contribution in [3.63, 3.8) is 0 Å². The van der Waals surface area contributed by atoms with Crippen molar-refractivity contribution in [1.82, 2.24) is 19.8 Å². The number of amides is 1. The second-order valence-corrected chi connectivity index (χ2v) is 7.38. The topological polar surface area (TPSA) is 77.0 Å². The van der Waals surface area contributed by atoms with E-state index in [1.807, 2.05) is 23.1 Å². The first-order chi connectivity index (χ1) is 11.6. The first kappa shape index (κ1) is 17.1. The highest BCUT2D eigenvalue weighted by molar-refractivity contribution is 7.99. The minimum atomic E-state index is 0.119. The Balaban J connectivity index is 1.66. The first-order valence-electron chi connectivity index (χ1n) is 7.92. The Morgan fingerprint density at radius 1 is 1.42 bits per heavy atom. The Kier molecular flexibility index (Phi) is 5.30. The zero-order valence-electron chi connectivity index (χ0n) is 13.5. The molecule has 6 nitrogen and oxygen atoms in total. The molecule has 0 saturated carbocycles. The van der Waals surface area contributed by atoms with Crippen molar-refractivity contribution < 1.29 is 4.79 Å². The third kappa shape index (κ3) is 3.67. The molecule has 24 heavy (non-hydrogen) atoms. The van der Waals surface area contributed by atoms with Gasteiger partial charge in [0.1, 0.15) is 0 Å². The van der Waals surface area contributed by atoms with E-state index in [1.54, 1.807) is 6.07 Å². The van der Waals surface area contributed by atoms with E-state index in [0.717, 1.165) is 25.1 Å². The third-order valence-corrected chi connectivity index (χ3v) is 5.37. The third-order valence-electron chi connectivity index (χ3n) is 4.11. The molecule has 0 spiro atoms. The molecule has 1 saturated heterocycles. The summed E-state index contributed by atoms with van der Waals surface area (Å²) in [5.74, 6) is 7.56. The van der Waals surface area contributed by atoms with Crippen LogP contribution in [0.15, 0.2) is 29.4 Å². The summed E-state index contributed by atoms with van der Waals surface area (Å²) < 4.78 is 1.39. The van der Waals surface area contributed by atoms with E-state index in [-0.39, 0.29) is 5.91 Å². The monoisotopic (exact) mass is 365 g/mol. The maximum atomic E-state index is 12.3. The molecular formula is C16H20ClN5OS. The SMILES string of the molecule is C[C@@H]1CCCN(C(=O)CSc2nnc(-c3ccccc3Cl)n2N)C1. The van der Waals surface area contributed by atoms with E-state index < -0.39 is 0 Å². The lowest BCUT2D eigenvalue weighted by Gasteiger charge is -2.30. The van der Waals surface area contributed by atoms with Crippen molar-refractivity contribution in [2.24, 2.45) is 5.92 Å². The Bertz CT molecular complexity index is 735. The molecule has 2 aromatic rings. The van der Waals surface area contributed by atoms with Gasteiger partial charge < -0.3 is 10.7 Å². The van der Waals surface area contributed by atoms with Crippen LogP contribution in [0.3, 0.4) is 0 Å². The number of likely N-dealkylation sites (tertiary alicyclic amines) is 1. The van der Waals surface area contributed by atoms with Gasteiger partial charge in [-0.1, -0.05) is 42.4 Å². The van der Waals surface area contributed by atoms with Gasteiger partial charge in [-0.2, -0.15) is 0 Å². The summed E-state index contributed by atoms with van der Waals surface area (Å²) in [7, 11) is 0. The number of piperidine rings is 1. The Morgan fingerprint density at radius 2 is 2.21 bits per heavy atom. The summed E-state index contributed by atoms with van der Waals surface area (Å²) >= 11 is 7.48. The highest BCUT2D eigenvalue weighted by atomic mass is 35.5. The second kappa shape index (κ2) is 7.44. The molecule has 1 aromatic heterocycles. The molecule has 0 unspecified atom stereocenters. The molecule has 3 rings (SSSR count). The lowest BCUT2D eigenvalue weighted by molar-refractivity contribution is -0.130. The number of nitrogens with zero attached hydrogens (tertiary/aromatic N) is 4. The van der Waals surface area contributed by atoms with Gasteiger partial charge in [0.25, 0.3) is 0 Å². The van der Waals surface area contributed by atoms with Crippen LogP contribution in [0.25, 0.3) is 11.4 Å². The number of benzene rings is 1. The summed E-state index contributed by atoms with van der Waals surface area (Å²) in [6.45, 7) is 3.85. The van der Waals surface area contributed by atoms with Crippen LogP contribution >= 0.6 is 23.4 Å². The molecule has 0 bridgehead atoms. The minimum absolute atomic E-state index is 0.119. The predicted molar refractivity (Wildman–Crippen MR) is 96.3 cm³/mol. The maximum absolute atomic E-state index is 12.3. The van der Waals surface area contributed by atoms with E-state index in [0.29, 0.717) is 27.7 Å². The van der Waals surface area contributed by atoms with Gasteiger partial charge in [0.2, 0.25) is 11.1 Å². The van der Waals surface area contributed by atoms with Crippen LogP contribution in [0.1, 0.15) is 19.8 Å². The zero-order chi connectivity index (χ0) is 17.1. The molecule has 8 heteroatoms. The fourth-order valence-electron chi connectivity index (χ4n) is 2.84. The molecule has 2 heterocycles. The smallest absolute Gasteiger partial charge is 0.233 e. The van der Waals surface area contributed by atoms with Crippen LogP contribution in [-0.2, 0) is 4.79 Å². The van der Waals surface area contributed by atoms with Gasteiger partial charge in [-0.15, -0.1) is 10.2 Å². The van der Waals surface area contributed by atoms with Crippen LogP contribution in [0.4, 0.5) is 0 Å². The molecule has 0 aliphatic carbocycles. The minimum Gasteiger partial charge on any atom is -0.342 e. The van der Waals surface area contributed by atoms with Gasteiger partial charge in [-0.05, 0) is 30.9 Å². The van der Waals surface area contributed by atoms with Crippen LogP contribution < -0.4 is 5.84 Å². The van der Waals surface area contributed by atoms with Gasteiger partial charge in [-0.3, -0.25) is 4.79 Å². The number of nitrogens with two attached hydrogens (primary N) is 1. The molecule has 1 aliphatic rings. The Hall–Kier alpha value is -1.73. The van der Waals surface area contributed by atoms with E-state index in [9.17, 15) is 4.79 Å². The Labute approximate surface area is 150 Å². The van der Waals surface area contributed by atoms with Crippen LogP contribution in [0.5, 0.6) is 0 Å². The predicted octanol–water partition coefficient (Wildman–Crippen LogP) is 2.66. The maximum Gasteiger partial charge on any atom is 0.233 e. The number of hydrogen-bond donors (Lipinski definition) is 1. The van der Waals surface area contributed by atoms with Crippen LogP contribution in [-0.4, -0.2) is 44.5 Å². The number of carbonyl (C=O) groups excluding carboxylic acids is 1. The summed E-state index contributed by atoms with van der Waals surface area (Å²) in [6, 6.07) is 7.32. The van der Waals surface area contributed by atoms with Crippen molar-refractivity contribution >= 4 is 29.3 Å². The number of nitrogen functional groups attached to an aromatic ring is 1. The molecule has 1 atom stereocenters. The van der Waals surface area contributed by atoms with E-state index in [4.69, 9.17) is 17.4 Å². The zero-order valence-corrected chi connectivity index (χ0v) is 15.1. The highest BCUT2D eigenvalue weighted by Gasteiger charge is 2.22. The number of aromatic nitrogens is 3. The number of hydrogen-bond acceptors (Lipinski definition) is 5. The largest absolute Gasteiger partial charge is 0.342 e. The Morgan fingerprint density at radius 3 is 2.96 bits per heavy atom. The fraction of sp³-hybridized carbons (Fsp3) is 0.438. The normalized spacial score (nSPS) is 17.9. The second-order valence-electron chi connectivity index (χ2n) is 6.03. The summed E-state index contributed by atoms with van der Waals surface area (Å²) in [5.41, 5.74) is 0.720. The van der Waals surface area contributed by atoms with Crippen molar-refractivity contribution in [2.75, 3.05) is 24.7 Å². The molecule has 128 valence electrons. The van der Waals surface area contributed by atoms with E-state index in [2.05, 4.69) is 17.1 Å². The lowest BCUT2D eigenvalue weighted by Crippen LogP contribution is -2.40. The molecule has 1 aromatic carbocycles. The van der Waals surface area contributed by atoms with Crippen molar-refractivity contribution in [3.8, 4) is 11.4 Å². The number of carbonyl (C=O) groups is 1. The van der Waals surface area contributed by atoms with E-state index in [1.165, 1.54) is 22.9 Å². The fourth-order valence-corrected chi connectivity index (χ4v) is 3.81. The number of rotatable bonds is 4. The van der Waals surface area contributed by atoms with Crippen LogP contribution in [0, 0.1) is 5.92 Å². The van der Waals surface area contributed by atoms with Crippen LogP contribution in [0.2, 0.25) is 5.02 Å². The number of thioether (sulfide) groups is 1. The molecule has 1 aliphatic heterocycles. The van der Waals surface area contributed by atoms with Gasteiger partial charge >= 0.3 is 0 Å². The summed E-state index contributed by atoms with van der Waals surface area (Å²) in [4.78, 5) is 14.3. The molecule has 2 N–H and O–H groups in total. The average Bonchev–Trinajstić information content (AvgIpc) is 2.94. The van der Waals surface area contributed by atoms with Gasteiger partial charge in [0.15, 0.2) is 5.82 Å². The first-order valence-corrected chi connectivity index (χ1v) is 9.28. The standard InChI is InChI=1S/C16H20ClN5OS/c1-11-5-4-8-21(9-11)14(23)10-24-16-20-19-15(22(16)18)12-6-2-3-7-13(12)17/h2-3,6-7,11H,4-5,8-10,18H2,1H3/t11-/m1/s1. The molecule has 0 radical (unpaired) electrons. The summed E-state index contributed by atoms with van der Waals surface area (Å²) in [5, 5.41) is 9.26. The number of halogens is 1. The average molecular weight is 366 g/mol. The molecule has 1 fully saturated rings. The van der Waals surface area contributed by atoms with Gasteiger partial charge in [0.05, 0.1) is 10.8 Å². The van der Waals surface area contributed by atoms with Crippen molar-refractivity contribution in [1.29, 1.82) is 0 Å². The summed E-state index contributed by atoms with van der Waals surface area (Å²) in [6.07, 6.45) is 2.26. The quantitative estimate of drug-likeness (QED) is 0.665. The van der Waals surface area contributed by atoms with Crippen molar-refractivity contribution in [2.45, 2.75) is 24.9 Å². The van der Waals surface area contributed by atoms with Crippen molar-refractivity contribution in [3.05, 3.63) is 29.3 Å². The molecule has 1 amide bonds. The molecular weight excluding hydrogens is 346 g/mol. The van der Waals surface area contributed by atoms with Gasteiger partial charge in [-0.25, -0.2) is 4.68 Å².